The van der Waals surface area contributed by atoms with Gasteiger partial charge in [-0.3, -0.25) is 9.69 Å². The molecule has 1 aliphatic carbocycles. The van der Waals surface area contributed by atoms with E-state index in [4.69, 9.17) is 0 Å². The maximum atomic E-state index is 13.8. The third kappa shape index (κ3) is 5.59. The normalized spacial score (nSPS) is 21.1. The lowest BCUT2D eigenvalue weighted by Crippen LogP contribution is -2.45. The highest BCUT2D eigenvalue weighted by atomic mass is 16.3. The molecule has 35 heavy (non-hydrogen) atoms. The van der Waals surface area contributed by atoms with Crippen LogP contribution in [0.3, 0.4) is 0 Å². The average molecular weight is 469 g/mol. The first-order valence-electron chi connectivity index (χ1n) is 13.1. The van der Waals surface area contributed by atoms with Crippen LogP contribution in [0.5, 0.6) is 5.75 Å². The Balaban J connectivity index is 1.41. The van der Waals surface area contributed by atoms with Gasteiger partial charge in [-0.25, -0.2) is 0 Å². The van der Waals surface area contributed by atoms with E-state index in [2.05, 4.69) is 40.1 Å². The number of carbonyl (C=O) groups excluding carboxylic acids is 1. The molecule has 2 fully saturated rings. The highest BCUT2D eigenvalue weighted by Crippen LogP contribution is 2.36. The molecule has 5 rings (SSSR count). The van der Waals surface area contributed by atoms with Crippen molar-refractivity contribution in [3.63, 3.8) is 0 Å². The number of hydrogen-bond acceptors (Lipinski definition) is 3. The molecule has 1 saturated heterocycles. The fraction of sp³-hybridized carbons (Fsp3) is 0.387. The Kier molecular flexibility index (Phi) is 7.48. The minimum absolute atomic E-state index is 0.170. The summed E-state index contributed by atoms with van der Waals surface area (Å²) in [5.74, 6) is 1.23. The zero-order chi connectivity index (χ0) is 24.0. The average Bonchev–Trinajstić information content (AvgIpc) is 3.32. The standard InChI is InChI=1S/C31H36N2O2/c34-30-19-11-10-16-26(30)20-32-21-27(29(23-32)24-12-4-1-5-13-24)22-33(28-17-8-3-9-18-28)31(35)25-14-6-2-7-15-25/h1-2,4-7,10-16,19,27-29,34H,3,8-9,17-18,20-23H2/t27-,29+/m1/s1. The summed E-state index contributed by atoms with van der Waals surface area (Å²) in [5, 5.41) is 10.4. The molecule has 3 aromatic carbocycles. The van der Waals surface area contributed by atoms with E-state index in [1.807, 2.05) is 48.5 Å². The molecule has 2 atom stereocenters. The van der Waals surface area contributed by atoms with Gasteiger partial charge in [-0.05, 0) is 42.5 Å². The number of likely N-dealkylation sites (tertiary alicyclic amines) is 1. The van der Waals surface area contributed by atoms with E-state index in [0.717, 1.165) is 50.1 Å². The van der Waals surface area contributed by atoms with Crippen molar-refractivity contribution in [2.24, 2.45) is 5.92 Å². The summed E-state index contributed by atoms with van der Waals surface area (Å²) < 4.78 is 0. The van der Waals surface area contributed by atoms with Crippen LogP contribution in [0.15, 0.2) is 84.9 Å². The third-order valence-corrected chi connectivity index (χ3v) is 7.86. The molecule has 0 unspecified atom stereocenters. The Bertz CT molecular complexity index is 1100. The molecule has 1 aliphatic heterocycles. The minimum Gasteiger partial charge on any atom is -0.508 e. The lowest BCUT2D eigenvalue weighted by Gasteiger charge is -2.37. The van der Waals surface area contributed by atoms with Gasteiger partial charge in [0.05, 0.1) is 0 Å². The maximum absolute atomic E-state index is 13.8. The second kappa shape index (κ2) is 11.1. The molecule has 1 saturated carbocycles. The van der Waals surface area contributed by atoms with Crippen molar-refractivity contribution in [2.45, 2.75) is 50.6 Å². The molecule has 0 aromatic heterocycles. The van der Waals surface area contributed by atoms with Gasteiger partial charge in [0.1, 0.15) is 5.75 Å². The summed E-state index contributed by atoms with van der Waals surface area (Å²) in [6.07, 6.45) is 5.88. The van der Waals surface area contributed by atoms with Gasteiger partial charge in [-0.1, -0.05) is 86.0 Å². The zero-order valence-corrected chi connectivity index (χ0v) is 20.4. The van der Waals surface area contributed by atoms with Crippen LogP contribution in [-0.4, -0.2) is 46.5 Å². The van der Waals surface area contributed by atoms with Crippen LogP contribution >= 0.6 is 0 Å². The number of phenolic OH excluding ortho intramolecular Hbond substituents is 1. The van der Waals surface area contributed by atoms with E-state index in [9.17, 15) is 9.90 Å². The van der Waals surface area contributed by atoms with E-state index in [1.165, 1.54) is 24.8 Å². The van der Waals surface area contributed by atoms with Gasteiger partial charge in [0.15, 0.2) is 0 Å². The van der Waals surface area contributed by atoms with Crippen molar-refractivity contribution in [1.29, 1.82) is 0 Å². The topological polar surface area (TPSA) is 43.8 Å². The first-order valence-corrected chi connectivity index (χ1v) is 13.1. The molecule has 2 aliphatic rings. The minimum atomic E-state index is 0.170. The number of carbonyl (C=O) groups is 1. The molecule has 0 bridgehead atoms. The van der Waals surface area contributed by atoms with Crippen LogP contribution in [0.1, 0.15) is 59.5 Å². The first kappa shape index (κ1) is 23.6. The van der Waals surface area contributed by atoms with Gasteiger partial charge in [0.25, 0.3) is 5.91 Å². The van der Waals surface area contributed by atoms with Gasteiger partial charge < -0.3 is 10.0 Å². The molecule has 3 aromatic rings. The fourth-order valence-corrected chi connectivity index (χ4v) is 6.03. The van der Waals surface area contributed by atoms with Crippen LogP contribution in [0, 0.1) is 5.92 Å². The van der Waals surface area contributed by atoms with Gasteiger partial charge in [0, 0.05) is 49.3 Å². The molecule has 1 amide bonds. The van der Waals surface area contributed by atoms with E-state index in [0.29, 0.717) is 23.6 Å². The number of benzene rings is 3. The molecule has 4 nitrogen and oxygen atoms in total. The molecule has 1 heterocycles. The molecule has 0 radical (unpaired) electrons. The molecule has 1 N–H and O–H groups in total. The Labute approximate surface area is 209 Å². The van der Waals surface area contributed by atoms with Crippen molar-refractivity contribution in [2.75, 3.05) is 19.6 Å². The van der Waals surface area contributed by atoms with E-state index >= 15 is 0 Å². The monoisotopic (exact) mass is 468 g/mol. The fourth-order valence-electron chi connectivity index (χ4n) is 6.03. The summed E-state index contributed by atoms with van der Waals surface area (Å²) in [6, 6.07) is 28.5. The Morgan fingerprint density at radius 2 is 1.49 bits per heavy atom. The van der Waals surface area contributed by atoms with Gasteiger partial charge in [-0.2, -0.15) is 0 Å². The number of amides is 1. The number of para-hydroxylation sites is 1. The predicted octanol–water partition coefficient (Wildman–Crippen LogP) is 6.08. The van der Waals surface area contributed by atoms with E-state index < -0.39 is 0 Å². The molecule has 4 heteroatoms. The summed E-state index contributed by atoms with van der Waals surface area (Å²) in [7, 11) is 0. The highest BCUT2D eigenvalue weighted by Gasteiger charge is 2.38. The molecular formula is C31H36N2O2. The van der Waals surface area contributed by atoms with Crippen molar-refractivity contribution in [3.05, 3.63) is 102 Å². The first-order chi connectivity index (χ1) is 17.2. The summed E-state index contributed by atoms with van der Waals surface area (Å²) in [6.45, 7) is 3.35. The maximum Gasteiger partial charge on any atom is 0.254 e. The summed E-state index contributed by atoms with van der Waals surface area (Å²) >= 11 is 0. The smallest absolute Gasteiger partial charge is 0.254 e. The second-order valence-electron chi connectivity index (χ2n) is 10.2. The van der Waals surface area contributed by atoms with Crippen molar-refractivity contribution in [1.82, 2.24) is 9.80 Å². The Morgan fingerprint density at radius 3 is 2.20 bits per heavy atom. The van der Waals surface area contributed by atoms with E-state index in [1.54, 1.807) is 6.07 Å². The number of phenols is 1. The molecular weight excluding hydrogens is 432 g/mol. The van der Waals surface area contributed by atoms with Gasteiger partial charge >= 0.3 is 0 Å². The quantitative estimate of drug-likeness (QED) is 0.457. The Morgan fingerprint density at radius 1 is 0.829 bits per heavy atom. The summed E-state index contributed by atoms with van der Waals surface area (Å²) in [5.41, 5.74) is 3.09. The van der Waals surface area contributed by atoms with Crippen molar-refractivity contribution < 1.29 is 9.90 Å². The van der Waals surface area contributed by atoms with Gasteiger partial charge in [-0.15, -0.1) is 0 Å². The van der Waals surface area contributed by atoms with Crippen LogP contribution < -0.4 is 0 Å². The SMILES string of the molecule is O=C(c1ccccc1)N(C[C@H]1CN(Cc2ccccc2O)C[C@H]1c1ccccc1)C1CCCCC1. The van der Waals surface area contributed by atoms with Crippen molar-refractivity contribution in [3.8, 4) is 5.75 Å². The lowest BCUT2D eigenvalue weighted by molar-refractivity contribution is 0.0588. The highest BCUT2D eigenvalue weighted by molar-refractivity contribution is 5.94. The van der Waals surface area contributed by atoms with Crippen LogP contribution in [0.25, 0.3) is 0 Å². The largest absolute Gasteiger partial charge is 0.508 e. The number of hydrogen-bond donors (Lipinski definition) is 1. The lowest BCUT2D eigenvalue weighted by atomic mass is 9.87. The summed E-state index contributed by atoms with van der Waals surface area (Å²) in [4.78, 5) is 18.4. The number of rotatable bonds is 7. The predicted molar refractivity (Wildman–Crippen MR) is 140 cm³/mol. The zero-order valence-electron chi connectivity index (χ0n) is 20.4. The second-order valence-corrected chi connectivity index (χ2v) is 10.2. The number of nitrogens with zero attached hydrogens (tertiary/aromatic N) is 2. The number of aromatic hydroxyl groups is 1. The van der Waals surface area contributed by atoms with E-state index in [-0.39, 0.29) is 5.91 Å². The Hall–Kier alpha value is -3.11. The third-order valence-electron chi connectivity index (χ3n) is 7.86. The van der Waals surface area contributed by atoms with Gasteiger partial charge in [0.2, 0.25) is 0 Å². The van der Waals surface area contributed by atoms with Crippen LogP contribution in [0.2, 0.25) is 0 Å². The molecule has 0 spiro atoms. The van der Waals surface area contributed by atoms with Crippen molar-refractivity contribution >= 4 is 5.91 Å². The molecule has 182 valence electrons. The van der Waals surface area contributed by atoms with Crippen LogP contribution in [0.4, 0.5) is 0 Å². The van der Waals surface area contributed by atoms with Crippen LogP contribution in [-0.2, 0) is 6.54 Å².